The Labute approximate surface area is 85.1 Å². The van der Waals surface area contributed by atoms with Crippen molar-refractivity contribution in [2.24, 2.45) is 0 Å². The van der Waals surface area contributed by atoms with Crippen molar-refractivity contribution in [1.82, 2.24) is 0 Å². The summed E-state index contributed by atoms with van der Waals surface area (Å²) in [5.41, 5.74) is 0. The van der Waals surface area contributed by atoms with Crippen molar-refractivity contribution in [3.63, 3.8) is 0 Å². The van der Waals surface area contributed by atoms with Gasteiger partial charge in [0.1, 0.15) is 0 Å². The van der Waals surface area contributed by atoms with Crippen LogP contribution in [0.5, 0.6) is 0 Å². The van der Waals surface area contributed by atoms with Gasteiger partial charge in [0.15, 0.2) is 0 Å². The second-order valence-electron chi connectivity index (χ2n) is 2.37. The van der Waals surface area contributed by atoms with Crippen molar-refractivity contribution in [1.29, 1.82) is 0 Å². The molecule has 0 unspecified atom stereocenters. The fraction of sp³-hybridized carbons (Fsp3) is 0.571. The minimum Gasteiger partial charge on any atom is -0.466 e. The molecular formula is C7H8O6S. The highest BCUT2D eigenvalue weighted by atomic mass is 32.1. The van der Waals surface area contributed by atoms with Crippen LogP contribution in [0.2, 0.25) is 0 Å². The van der Waals surface area contributed by atoms with E-state index in [0.29, 0.717) is 0 Å². The van der Waals surface area contributed by atoms with Crippen molar-refractivity contribution < 1.29 is 28.5 Å². The summed E-state index contributed by atoms with van der Waals surface area (Å²) in [5.74, 6) is -1.47. The zero-order chi connectivity index (χ0) is 10.7. The maximum atomic E-state index is 11.1. The molecule has 14 heavy (non-hydrogen) atoms. The van der Waals surface area contributed by atoms with E-state index in [1.807, 2.05) is 0 Å². The largest absolute Gasteiger partial charge is 0.466 e. The first-order valence-corrected chi connectivity index (χ1v) is 4.04. The third kappa shape index (κ3) is 1.92. The Balaban J connectivity index is 2.77. The predicted molar refractivity (Wildman–Crippen MR) is 46.4 cm³/mol. The molecule has 0 aromatic heterocycles. The van der Waals surface area contributed by atoms with E-state index in [1.54, 1.807) is 0 Å². The first kappa shape index (κ1) is 10.7. The third-order valence-electron chi connectivity index (χ3n) is 1.59. The van der Waals surface area contributed by atoms with Crippen LogP contribution in [-0.2, 0) is 28.5 Å². The monoisotopic (exact) mass is 220 g/mol. The average molecular weight is 220 g/mol. The Kier molecular flexibility index (Phi) is 3.23. The summed E-state index contributed by atoms with van der Waals surface area (Å²) in [6, 6.07) is 0. The third-order valence-corrected chi connectivity index (χ3v) is 1.78. The van der Waals surface area contributed by atoms with Crippen LogP contribution in [0.15, 0.2) is 0 Å². The summed E-state index contributed by atoms with van der Waals surface area (Å²) in [6.45, 7) is 0. The predicted octanol–water partition coefficient (Wildman–Crippen LogP) is -0.599. The van der Waals surface area contributed by atoms with Gasteiger partial charge in [-0.3, -0.25) is 0 Å². The van der Waals surface area contributed by atoms with Gasteiger partial charge in [0.05, 0.1) is 14.2 Å². The van der Waals surface area contributed by atoms with Gasteiger partial charge in [-0.1, -0.05) is 0 Å². The van der Waals surface area contributed by atoms with E-state index < -0.39 is 24.1 Å². The fourth-order valence-corrected chi connectivity index (χ4v) is 1.14. The molecule has 2 atom stereocenters. The Morgan fingerprint density at radius 2 is 1.50 bits per heavy atom. The first-order valence-electron chi connectivity index (χ1n) is 3.63. The number of methoxy groups -OCH3 is 2. The zero-order valence-corrected chi connectivity index (χ0v) is 8.33. The van der Waals surface area contributed by atoms with Gasteiger partial charge in [0.2, 0.25) is 12.2 Å². The van der Waals surface area contributed by atoms with Crippen molar-refractivity contribution in [2.75, 3.05) is 14.2 Å². The van der Waals surface area contributed by atoms with Crippen LogP contribution in [0.3, 0.4) is 0 Å². The summed E-state index contributed by atoms with van der Waals surface area (Å²) < 4.78 is 18.4. The number of carbonyl (C=O) groups excluding carboxylic acids is 2. The molecule has 0 radical (unpaired) electrons. The number of rotatable bonds is 2. The second kappa shape index (κ2) is 4.23. The Hall–Kier alpha value is -1.37. The first-order chi connectivity index (χ1) is 6.60. The molecule has 0 amide bonds. The van der Waals surface area contributed by atoms with E-state index >= 15 is 0 Å². The van der Waals surface area contributed by atoms with E-state index in [9.17, 15) is 9.59 Å². The average Bonchev–Trinajstić information content (AvgIpc) is 2.58. The molecule has 78 valence electrons. The molecule has 0 spiro atoms. The lowest BCUT2D eigenvalue weighted by Gasteiger charge is -2.10. The molecule has 1 fully saturated rings. The maximum absolute atomic E-state index is 11.1. The van der Waals surface area contributed by atoms with Crippen molar-refractivity contribution in [3.05, 3.63) is 0 Å². The van der Waals surface area contributed by atoms with Crippen LogP contribution >= 0.6 is 12.2 Å². The Morgan fingerprint density at radius 3 is 1.79 bits per heavy atom. The van der Waals surface area contributed by atoms with Gasteiger partial charge in [0.25, 0.3) is 0 Å². The molecule has 1 aliphatic heterocycles. The van der Waals surface area contributed by atoms with Gasteiger partial charge in [0, 0.05) is 12.2 Å². The SMILES string of the molecule is COC(=O)[C@@H]1OC(=S)O[C@H]1C(=O)OC. The molecule has 0 saturated carbocycles. The standard InChI is InChI=1S/C7H8O6S/c1-10-5(8)3-4(6(9)11-2)13-7(14)12-3/h3-4H,1-2H3/t3-,4-/m1/s1. The van der Waals surface area contributed by atoms with Crippen LogP contribution in [-0.4, -0.2) is 43.6 Å². The zero-order valence-electron chi connectivity index (χ0n) is 7.51. The van der Waals surface area contributed by atoms with Crippen molar-refractivity contribution in [3.8, 4) is 0 Å². The van der Waals surface area contributed by atoms with Crippen molar-refractivity contribution >= 4 is 29.4 Å². The molecular weight excluding hydrogens is 212 g/mol. The van der Waals surface area contributed by atoms with Crippen LogP contribution in [0, 0.1) is 0 Å². The summed E-state index contributed by atoms with van der Waals surface area (Å²) in [7, 11) is 2.34. The van der Waals surface area contributed by atoms with Gasteiger partial charge in [-0.2, -0.15) is 0 Å². The molecule has 0 aromatic rings. The number of hydrogen-bond donors (Lipinski definition) is 0. The molecule has 1 saturated heterocycles. The van der Waals surface area contributed by atoms with Gasteiger partial charge in [-0.15, -0.1) is 0 Å². The lowest BCUT2D eigenvalue weighted by Crippen LogP contribution is -2.38. The highest BCUT2D eigenvalue weighted by Crippen LogP contribution is 2.17. The van der Waals surface area contributed by atoms with Gasteiger partial charge in [-0.05, 0) is 0 Å². The number of carbonyl (C=O) groups is 2. The molecule has 1 aliphatic rings. The summed E-state index contributed by atoms with van der Waals surface area (Å²) >= 11 is 4.55. The molecule has 6 nitrogen and oxygen atoms in total. The van der Waals surface area contributed by atoms with Gasteiger partial charge in [-0.25, -0.2) is 9.59 Å². The van der Waals surface area contributed by atoms with Crippen LogP contribution in [0.25, 0.3) is 0 Å². The molecule has 1 heterocycles. The van der Waals surface area contributed by atoms with Crippen LogP contribution in [0.1, 0.15) is 0 Å². The topological polar surface area (TPSA) is 71.1 Å². The number of hydrogen-bond acceptors (Lipinski definition) is 7. The van der Waals surface area contributed by atoms with Gasteiger partial charge < -0.3 is 18.9 Å². The second-order valence-corrected chi connectivity index (χ2v) is 2.71. The fourth-order valence-electron chi connectivity index (χ4n) is 0.934. The molecule has 7 heteroatoms. The smallest absolute Gasteiger partial charge is 0.354 e. The number of thiocarbonyl (C=S) groups is 1. The lowest BCUT2D eigenvalue weighted by atomic mass is 10.2. The Bertz CT molecular complexity index is 249. The molecule has 1 rings (SSSR count). The van der Waals surface area contributed by atoms with E-state index in [-0.39, 0.29) is 5.24 Å². The molecule has 0 N–H and O–H groups in total. The molecule has 0 bridgehead atoms. The maximum Gasteiger partial charge on any atom is 0.354 e. The van der Waals surface area contributed by atoms with E-state index in [1.165, 1.54) is 14.2 Å². The summed E-state index contributed by atoms with van der Waals surface area (Å²) in [6.07, 6.45) is -2.36. The van der Waals surface area contributed by atoms with E-state index in [4.69, 9.17) is 9.47 Å². The minimum absolute atomic E-state index is 0.268. The number of ether oxygens (including phenoxy) is 4. The van der Waals surface area contributed by atoms with E-state index in [2.05, 4.69) is 21.7 Å². The highest BCUT2D eigenvalue weighted by molar-refractivity contribution is 7.79. The van der Waals surface area contributed by atoms with E-state index in [0.717, 1.165) is 0 Å². The Morgan fingerprint density at radius 1 is 1.14 bits per heavy atom. The summed E-state index contributed by atoms with van der Waals surface area (Å²) in [4.78, 5) is 22.2. The normalized spacial score (nSPS) is 24.9. The van der Waals surface area contributed by atoms with Crippen molar-refractivity contribution in [2.45, 2.75) is 12.2 Å². The van der Waals surface area contributed by atoms with Gasteiger partial charge >= 0.3 is 17.2 Å². The summed E-state index contributed by atoms with van der Waals surface area (Å²) in [5, 5.41) is -0.268. The molecule has 0 aliphatic carbocycles. The molecule has 0 aromatic carbocycles. The van der Waals surface area contributed by atoms with Crippen LogP contribution < -0.4 is 0 Å². The highest BCUT2D eigenvalue weighted by Gasteiger charge is 2.46. The lowest BCUT2D eigenvalue weighted by molar-refractivity contribution is -0.160. The minimum atomic E-state index is -1.18. The number of esters is 2. The quantitative estimate of drug-likeness (QED) is 0.454. The van der Waals surface area contributed by atoms with Crippen LogP contribution in [0.4, 0.5) is 0 Å².